The maximum atomic E-state index is 12.6. The highest BCUT2D eigenvalue weighted by molar-refractivity contribution is 5.94. The number of carbonyl (C=O) groups is 1. The van der Waals surface area contributed by atoms with Crippen LogP contribution in [0.5, 0.6) is 0 Å². The Hall–Kier alpha value is -1.29. The highest BCUT2D eigenvalue weighted by atomic mass is 16.3. The van der Waals surface area contributed by atoms with Crippen LogP contribution in [0.4, 0.5) is 0 Å². The first kappa shape index (κ1) is 16.2. The summed E-state index contributed by atoms with van der Waals surface area (Å²) in [6.45, 7) is 5.57. The molecule has 0 unspecified atom stereocenters. The molecule has 3 fully saturated rings. The standard InChI is InChI=1S/C20H30N2O2/c23-19(18-7-12-24-14-18)22-11-9-20(16-22)8-4-10-21(15-20)13-17-5-2-1-3-6-17/h7,12,14,17H,1-6,8-11,13,15-16H2/t20-/m1/s1. The topological polar surface area (TPSA) is 36.7 Å². The molecule has 1 saturated carbocycles. The molecule has 1 amide bonds. The first-order valence-corrected chi connectivity index (χ1v) is 9.78. The lowest BCUT2D eigenvalue weighted by atomic mass is 9.78. The van der Waals surface area contributed by atoms with Gasteiger partial charge in [0.2, 0.25) is 0 Å². The number of hydrogen-bond donors (Lipinski definition) is 0. The van der Waals surface area contributed by atoms with E-state index in [0.717, 1.165) is 25.4 Å². The van der Waals surface area contributed by atoms with Crippen LogP contribution < -0.4 is 0 Å². The van der Waals surface area contributed by atoms with Crippen LogP contribution in [0.1, 0.15) is 61.7 Å². The Morgan fingerprint density at radius 2 is 2.00 bits per heavy atom. The monoisotopic (exact) mass is 330 g/mol. The van der Waals surface area contributed by atoms with Crippen molar-refractivity contribution in [3.63, 3.8) is 0 Å². The summed E-state index contributed by atoms with van der Waals surface area (Å²) in [4.78, 5) is 17.3. The van der Waals surface area contributed by atoms with Crippen LogP contribution in [0.15, 0.2) is 23.0 Å². The summed E-state index contributed by atoms with van der Waals surface area (Å²) in [6, 6.07) is 1.78. The zero-order valence-corrected chi connectivity index (χ0v) is 14.7. The van der Waals surface area contributed by atoms with Gasteiger partial charge in [-0.2, -0.15) is 0 Å². The Labute approximate surface area is 145 Å². The summed E-state index contributed by atoms with van der Waals surface area (Å²) in [5, 5.41) is 0. The van der Waals surface area contributed by atoms with E-state index in [1.807, 2.05) is 0 Å². The third-order valence-electron chi connectivity index (χ3n) is 6.48. The van der Waals surface area contributed by atoms with Gasteiger partial charge >= 0.3 is 0 Å². The lowest BCUT2D eigenvalue weighted by Gasteiger charge is -2.42. The zero-order chi connectivity index (χ0) is 16.4. The zero-order valence-electron chi connectivity index (χ0n) is 14.7. The molecule has 4 rings (SSSR count). The second-order valence-corrected chi connectivity index (χ2v) is 8.33. The van der Waals surface area contributed by atoms with E-state index in [-0.39, 0.29) is 5.91 Å². The maximum Gasteiger partial charge on any atom is 0.257 e. The van der Waals surface area contributed by atoms with E-state index in [4.69, 9.17) is 4.42 Å². The SMILES string of the molecule is O=C(c1ccoc1)N1CC[C@@]2(CCCN(CC3CCCCC3)C2)C1. The molecule has 0 N–H and O–H groups in total. The van der Waals surface area contributed by atoms with Crippen LogP contribution in [0.25, 0.3) is 0 Å². The van der Waals surface area contributed by atoms with Crippen LogP contribution in [0, 0.1) is 11.3 Å². The van der Waals surface area contributed by atoms with Gasteiger partial charge in [0.25, 0.3) is 5.91 Å². The Morgan fingerprint density at radius 3 is 2.79 bits per heavy atom. The van der Waals surface area contributed by atoms with Gasteiger partial charge in [-0.05, 0) is 50.6 Å². The van der Waals surface area contributed by atoms with Crippen molar-refractivity contribution in [3.05, 3.63) is 24.2 Å². The molecule has 24 heavy (non-hydrogen) atoms. The van der Waals surface area contributed by atoms with E-state index < -0.39 is 0 Å². The van der Waals surface area contributed by atoms with E-state index in [1.165, 1.54) is 64.6 Å². The van der Waals surface area contributed by atoms with E-state index in [9.17, 15) is 4.79 Å². The number of carbonyl (C=O) groups excluding carboxylic acids is 1. The molecule has 1 aromatic heterocycles. The summed E-state index contributed by atoms with van der Waals surface area (Å²) < 4.78 is 5.08. The summed E-state index contributed by atoms with van der Waals surface area (Å²) in [5.41, 5.74) is 1.04. The van der Waals surface area contributed by atoms with Crippen LogP contribution in [0.2, 0.25) is 0 Å². The Balaban J connectivity index is 1.36. The van der Waals surface area contributed by atoms with Crippen molar-refractivity contribution in [3.8, 4) is 0 Å². The first-order chi connectivity index (χ1) is 11.7. The maximum absolute atomic E-state index is 12.6. The minimum Gasteiger partial charge on any atom is -0.472 e. The molecular formula is C20H30N2O2. The molecule has 1 spiro atoms. The number of piperidine rings is 1. The van der Waals surface area contributed by atoms with Crippen LogP contribution in [-0.2, 0) is 0 Å². The van der Waals surface area contributed by atoms with Gasteiger partial charge < -0.3 is 14.2 Å². The Bertz CT molecular complexity index is 550. The molecule has 3 heterocycles. The molecule has 3 aliphatic rings. The third kappa shape index (κ3) is 3.39. The lowest BCUT2D eigenvalue weighted by molar-refractivity contribution is 0.0630. The fourth-order valence-electron chi connectivity index (χ4n) is 5.21. The van der Waals surface area contributed by atoms with Gasteiger partial charge in [0.05, 0.1) is 11.8 Å². The predicted octanol–water partition coefficient (Wildman–Crippen LogP) is 3.79. The number of nitrogens with zero attached hydrogens (tertiary/aromatic N) is 2. The van der Waals surface area contributed by atoms with Gasteiger partial charge in [0.15, 0.2) is 0 Å². The van der Waals surface area contributed by atoms with E-state index >= 15 is 0 Å². The molecule has 2 saturated heterocycles. The van der Waals surface area contributed by atoms with Crippen molar-refractivity contribution in [2.75, 3.05) is 32.7 Å². The van der Waals surface area contributed by atoms with Gasteiger partial charge in [0.1, 0.15) is 6.26 Å². The fourth-order valence-corrected chi connectivity index (χ4v) is 5.21. The minimum absolute atomic E-state index is 0.144. The second-order valence-electron chi connectivity index (χ2n) is 8.33. The number of hydrogen-bond acceptors (Lipinski definition) is 3. The molecule has 4 heteroatoms. The Morgan fingerprint density at radius 1 is 1.12 bits per heavy atom. The summed E-state index contributed by atoms with van der Waals surface area (Å²) in [5.74, 6) is 1.06. The molecule has 0 radical (unpaired) electrons. The van der Waals surface area contributed by atoms with Gasteiger partial charge in [-0.1, -0.05) is 19.3 Å². The average molecular weight is 330 g/mol. The van der Waals surface area contributed by atoms with Gasteiger partial charge in [-0.25, -0.2) is 0 Å². The number of amides is 1. The lowest BCUT2D eigenvalue weighted by Crippen LogP contribution is -2.47. The van der Waals surface area contributed by atoms with Crippen molar-refractivity contribution in [1.82, 2.24) is 9.80 Å². The molecule has 132 valence electrons. The summed E-state index contributed by atoms with van der Waals surface area (Å²) in [7, 11) is 0. The molecule has 0 bridgehead atoms. The van der Waals surface area contributed by atoms with E-state index in [0.29, 0.717) is 11.0 Å². The van der Waals surface area contributed by atoms with Crippen LogP contribution in [-0.4, -0.2) is 48.4 Å². The van der Waals surface area contributed by atoms with Crippen molar-refractivity contribution in [2.45, 2.75) is 51.4 Å². The molecule has 4 nitrogen and oxygen atoms in total. The molecule has 1 aromatic rings. The minimum atomic E-state index is 0.144. The van der Waals surface area contributed by atoms with Crippen molar-refractivity contribution < 1.29 is 9.21 Å². The smallest absolute Gasteiger partial charge is 0.257 e. The Kier molecular flexibility index (Phi) is 4.66. The highest BCUT2D eigenvalue weighted by Gasteiger charge is 2.43. The van der Waals surface area contributed by atoms with Crippen molar-refractivity contribution in [1.29, 1.82) is 0 Å². The second kappa shape index (κ2) is 6.91. The quantitative estimate of drug-likeness (QED) is 0.846. The number of rotatable bonds is 3. The summed E-state index contributed by atoms with van der Waals surface area (Å²) >= 11 is 0. The molecule has 1 aliphatic carbocycles. The number of likely N-dealkylation sites (tertiary alicyclic amines) is 2. The third-order valence-corrected chi connectivity index (χ3v) is 6.48. The molecule has 1 atom stereocenters. The fraction of sp³-hybridized carbons (Fsp3) is 0.750. The summed E-state index contributed by atoms with van der Waals surface area (Å²) in [6.07, 6.45) is 14.0. The van der Waals surface area contributed by atoms with Crippen LogP contribution >= 0.6 is 0 Å². The molecule has 0 aromatic carbocycles. The number of furan rings is 1. The molecular weight excluding hydrogens is 300 g/mol. The van der Waals surface area contributed by atoms with Gasteiger partial charge in [-0.3, -0.25) is 4.79 Å². The van der Waals surface area contributed by atoms with E-state index in [2.05, 4.69) is 9.80 Å². The normalized spacial score (nSPS) is 29.4. The van der Waals surface area contributed by atoms with Crippen LogP contribution in [0.3, 0.4) is 0 Å². The molecule has 2 aliphatic heterocycles. The van der Waals surface area contributed by atoms with Gasteiger partial charge in [-0.15, -0.1) is 0 Å². The van der Waals surface area contributed by atoms with Crippen molar-refractivity contribution in [2.24, 2.45) is 11.3 Å². The largest absolute Gasteiger partial charge is 0.472 e. The predicted molar refractivity (Wildman–Crippen MR) is 93.9 cm³/mol. The van der Waals surface area contributed by atoms with E-state index in [1.54, 1.807) is 18.6 Å². The first-order valence-electron chi connectivity index (χ1n) is 9.78. The average Bonchev–Trinajstić information content (AvgIpc) is 3.26. The van der Waals surface area contributed by atoms with Gasteiger partial charge in [0, 0.05) is 31.6 Å². The van der Waals surface area contributed by atoms with Crippen molar-refractivity contribution >= 4 is 5.91 Å². The highest BCUT2D eigenvalue weighted by Crippen LogP contribution is 2.40.